The second-order valence-corrected chi connectivity index (χ2v) is 11.2. The van der Waals surface area contributed by atoms with Crippen LogP contribution in [-0.4, -0.2) is 52.2 Å². The van der Waals surface area contributed by atoms with E-state index < -0.39 is 5.60 Å². The summed E-state index contributed by atoms with van der Waals surface area (Å²) in [4.78, 5) is 25.4. The van der Waals surface area contributed by atoms with Crippen LogP contribution in [0.25, 0.3) is 0 Å². The molecule has 4 aliphatic rings. The number of aliphatic hydroxyl groups excluding tert-OH is 1. The van der Waals surface area contributed by atoms with Crippen LogP contribution >= 0.6 is 11.6 Å². The third-order valence-electron chi connectivity index (χ3n) is 8.19. The molecule has 9 heteroatoms. The number of carbonyl (C=O) groups excluding carboxylic acids is 1. The summed E-state index contributed by atoms with van der Waals surface area (Å²) in [6, 6.07) is 12.3. The van der Waals surface area contributed by atoms with Crippen LogP contribution in [0.3, 0.4) is 0 Å². The SMILES string of the molecule is CN1CCc2c(cc(Nc3ncc(Cl)c(N4CC5(CC(=O)O5)c5ccccc54)n3)cc2C2CC(O)C2)C1. The number of rotatable bonds is 4. The molecule has 0 radical (unpaired) electrons. The zero-order valence-electron chi connectivity index (χ0n) is 20.6. The number of halogens is 1. The smallest absolute Gasteiger partial charge is 0.311 e. The van der Waals surface area contributed by atoms with Crippen molar-refractivity contribution in [2.24, 2.45) is 0 Å². The van der Waals surface area contributed by atoms with Crippen LogP contribution < -0.4 is 10.2 Å². The van der Waals surface area contributed by atoms with Gasteiger partial charge in [0.2, 0.25) is 5.95 Å². The van der Waals surface area contributed by atoms with E-state index in [4.69, 9.17) is 21.3 Å². The number of carbonyl (C=O) groups is 1. The Morgan fingerprint density at radius 1 is 1.24 bits per heavy atom. The maximum atomic E-state index is 11.8. The average Bonchev–Trinajstić information content (AvgIpc) is 3.18. The van der Waals surface area contributed by atoms with Crippen LogP contribution in [0.4, 0.5) is 23.1 Å². The van der Waals surface area contributed by atoms with Gasteiger partial charge in [0.25, 0.3) is 0 Å². The first kappa shape index (κ1) is 23.0. The van der Waals surface area contributed by atoms with Crippen molar-refractivity contribution in [3.8, 4) is 0 Å². The minimum absolute atomic E-state index is 0.194. The Balaban J connectivity index is 1.22. The molecule has 1 aromatic heterocycles. The largest absolute Gasteiger partial charge is 0.451 e. The second kappa shape index (κ2) is 8.41. The van der Waals surface area contributed by atoms with E-state index in [1.807, 2.05) is 29.2 Å². The predicted octanol–water partition coefficient (Wildman–Crippen LogP) is 4.39. The number of aliphatic hydroxyl groups is 1. The fourth-order valence-corrected chi connectivity index (χ4v) is 6.47. The van der Waals surface area contributed by atoms with Crippen molar-refractivity contribution in [2.75, 3.05) is 30.4 Å². The Kier molecular flexibility index (Phi) is 5.22. The molecule has 1 atom stereocenters. The average molecular weight is 518 g/mol. The molecule has 1 saturated carbocycles. The summed E-state index contributed by atoms with van der Waals surface area (Å²) in [6.45, 7) is 2.40. The number of hydrogen-bond donors (Lipinski definition) is 2. The third kappa shape index (κ3) is 3.77. The highest BCUT2D eigenvalue weighted by Crippen LogP contribution is 2.52. The van der Waals surface area contributed by atoms with Crippen molar-refractivity contribution in [3.05, 3.63) is 69.9 Å². The Hall–Kier alpha value is -3.20. The van der Waals surface area contributed by atoms with E-state index in [2.05, 4.69) is 34.4 Å². The van der Waals surface area contributed by atoms with Crippen LogP contribution in [-0.2, 0) is 28.1 Å². The van der Waals surface area contributed by atoms with Gasteiger partial charge in [-0.3, -0.25) is 4.79 Å². The van der Waals surface area contributed by atoms with Gasteiger partial charge in [0.15, 0.2) is 11.4 Å². The highest BCUT2D eigenvalue weighted by Gasteiger charge is 2.55. The monoisotopic (exact) mass is 517 g/mol. The molecule has 2 N–H and O–H groups in total. The maximum absolute atomic E-state index is 11.8. The van der Waals surface area contributed by atoms with Gasteiger partial charge in [-0.05, 0) is 67.1 Å². The van der Waals surface area contributed by atoms with Gasteiger partial charge in [-0.1, -0.05) is 29.8 Å². The molecule has 3 aliphatic heterocycles. The maximum Gasteiger partial charge on any atom is 0.311 e. The molecule has 0 amide bonds. The molecular weight excluding hydrogens is 490 g/mol. The van der Waals surface area contributed by atoms with Crippen molar-refractivity contribution < 1.29 is 14.6 Å². The number of para-hydroxylation sites is 1. The topological polar surface area (TPSA) is 90.8 Å². The summed E-state index contributed by atoms with van der Waals surface area (Å²) in [6.07, 6.45) is 4.41. The van der Waals surface area contributed by atoms with E-state index in [9.17, 15) is 9.90 Å². The van der Waals surface area contributed by atoms with E-state index in [0.717, 1.165) is 49.3 Å². The van der Waals surface area contributed by atoms with E-state index in [0.29, 0.717) is 35.7 Å². The third-order valence-corrected chi connectivity index (χ3v) is 8.46. The van der Waals surface area contributed by atoms with Crippen LogP contribution in [0.15, 0.2) is 42.6 Å². The molecule has 1 saturated heterocycles. The fourth-order valence-electron chi connectivity index (χ4n) is 6.28. The first-order chi connectivity index (χ1) is 17.9. The van der Waals surface area contributed by atoms with Crippen LogP contribution in [0.5, 0.6) is 0 Å². The van der Waals surface area contributed by atoms with Crippen molar-refractivity contribution in [1.82, 2.24) is 14.9 Å². The Morgan fingerprint density at radius 3 is 2.84 bits per heavy atom. The zero-order chi connectivity index (χ0) is 25.3. The number of likely N-dealkylation sites (N-methyl/N-ethyl adjacent to an activating group) is 1. The van der Waals surface area contributed by atoms with Crippen LogP contribution in [0.2, 0.25) is 5.02 Å². The number of anilines is 4. The number of ether oxygens (including phenoxy) is 1. The zero-order valence-corrected chi connectivity index (χ0v) is 21.3. The van der Waals surface area contributed by atoms with Gasteiger partial charge in [0.1, 0.15) is 5.02 Å². The Labute approximate surface area is 220 Å². The lowest BCUT2D eigenvalue weighted by Crippen LogP contribution is -2.47. The molecule has 2 fully saturated rings. The number of nitrogens with zero attached hydrogens (tertiary/aromatic N) is 4. The second-order valence-electron chi connectivity index (χ2n) is 10.8. The number of benzene rings is 2. The van der Waals surface area contributed by atoms with Gasteiger partial charge in [0.05, 0.1) is 25.3 Å². The highest BCUT2D eigenvalue weighted by molar-refractivity contribution is 6.33. The summed E-state index contributed by atoms with van der Waals surface area (Å²) >= 11 is 6.62. The molecule has 0 bridgehead atoms. The molecule has 1 unspecified atom stereocenters. The lowest BCUT2D eigenvalue weighted by atomic mass is 9.74. The number of nitrogens with one attached hydrogen (secondary N) is 1. The molecule has 1 spiro atoms. The molecule has 37 heavy (non-hydrogen) atoms. The van der Waals surface area contributed by atoms with Crippen molar-refractivity contribution in [3.63, 3.8) is 0 Å². The van der Waals surface area contributed by atoms with E-state index in [1.165, 1.54) is 16.7 Å². The first-order valence-corrected chi connectivity index (χ1v) is 13.2. The van der Waals surface area contributed by atoms with Crippen molar-refractivity contribution in [1.29, 1.82) is 0 Å². The molecule has 8 nitrogen and oxygen atoms in total. The van der Waals surface area contributed by atoms with E-state index >= 15 is 0 Å². The fraction of sp³-hybridized carbons (Fsp3) is 0.393. The molecule has 7 rings (SSSR count). The van der Waals surface area contributed by atoms with Gasteiger partial charge < -0.3 is 25.0 Å². The molecule has 4 heterocycles. The van der Waals surface area contributed by atoms with Gasteiger partial charge in [-0.15, -0.1) is 0 Å². The number of hydrogen-bond acceptors (Lipinski definition) is 8. The van der Waals surface area contributed by atoms with E-state index in [-0.39, 0.29) is 12.1 Å². The Bertz CT molecular complexity index is 1410. The van der Waals surface area contributed by atoms with Gasteiger partial charge in [-0.25, -0.2) is 4.98 Å². The lowest BCUT2D eigenvalue weighted by Gasteiger charge is -2.37. The quantitative estimate of drug-likeness (QED) is 0.492. The minimum atomic E-state index is -0.650. The van der Waals surface area contributed by atoms with Gasteiger partial charge >= 0.3 is 5.97 Å². The summed E-state index contributed by atoms with van der Waals surface area (Å²) in [5, 5.41) is 13.8. The van der Waals surface area contributed by atoms with Gasteiger partial charge in [0, 0.05) is 30.0 Å². The minimum Gasteiger partial charge on any atom is -0.451 e. The number of aromatic nitrogens is 2. The lowest BCUT2D eigenvalue weighted by molar-refractivity contribution is -0.190. The molecule has 190 valence electrons. The van der Waals surface area contributed by atoms with Gasteiger partial charge in [-0.2, -0.15) is 4.98 Å². The standard InChI is InChI=1S/C28H28ClN5O3/c1-33-7-6-20-17(14-33)8-18(11-21(20)16-9-19(35)10-16)31-27-30-13-23(29)26(32-27)34-15-28(12-25(36)37-28)22-4-2-3-5-24(22)34/h2-5,8,11,13,16,19,35H,6-7,9-10,12,14-15H2,1H3,(H,30,31,32). The molecular formula is C28H28ClN5O3. The van der Waals surface area contributed by atoms with Crippen LogP contribution in [0.1, 0.15) is 47.4 Å². The van der Waals surface area contributed by atoms with Crippen molar-refractivity contribution >= 4 is 40.7 Å². The predicted molar refractivity (Wildman–Crippen MR) is 141 cm³/mol. The normalized spacial score (nSPS) is 26.2. The summed E-state index contributed by atoms with van der Waals surface area (Å²) in [5.74, 6) is 1.22. The van der Waals surface area contributed by atoms with E-state index in [1.54, 1.807) is 6.20 Å². The van der Waals surface area contributed by atoms with Crippen LogP contribution in [0, 0.1) is 0 Å². The summed E-state index contributed by atoms with van der Waals surface area (Å²) < 4.78 is 5.65. The molecule has 2 aromatic carbocycles. The first-order valence-electron chi connectivity index (χ1n) is 12.8. The summed E-state index contributed by atoms with van der Waals surface area (Å²) in [5.41, 5.74) is 6.26. The molecule has 1 aliphatic carbocycles. The molecule has 3 aromatic rings. The highest BCUT2D eigenvalue weighted by atomic mass is 35.5. The Morgan fingerprint density at radius 2 is 2.05 bits per heavy atom. The summed E-state index contributed by atoms with van der Waals surface area (Å²) in [7, 11) is 2.14. The van der Waals surface area contributed by atoms with Crippen molar-refractivity contribution in [2.45, 2.75) is 49.9 Å². The number of esters is 1. The number of fused-ring (bicyclic) bond motifs is 3.